The van der Waals surface area contributed by atoms with E-state index < -0.39 is 10.0 Å². The Bertz CT molecular complexity index is 846. The third-order valence-electron chi connectivity index (χ3n) is 4.84. The van der Waals surface area contributed by atoms with Crippen molar-refractivity contribution in [2.75, 3.05) is 13.1 Å². The quantitative estimate of drug-likeness (QED) is 0.892. The molecule has 4 nitrogen and oxygen atoms in total. The first-order chi connectivity index (χ1) is 11.6. The molecule has 2 aromatic carbocycles. The largest absolute Gasteiger partial charge is 0.315 e. The molecule has 0 bridgehead atoms. The van der Waals surface area contributed by atoms with Crippen molar-refractivity contribution in [3.63, 3.8) is 0 Å². The molecule has 2 heterocycles. The van der Waals surface area contributed by atoms with E-state index in [2.05, 4.69) is 5.32 Å². The molecular weight excluding hydrogens is 344 g/mol. The Morgan fingerprint density at radius 1 is 1.08 bits per heavy atom. The van der Waals surface area contributed by atoms with E-state index in [9.17, 15) is 8.42 Å². The van der Waals surface area contributed by atoms with E-state index >= 15 is 0 Å². The van der Waals surface area contributed by atoms with Gasteiger partial charge in [-0.25, -0.2) is 8.42 Å². The Kier molecular flexibility index (Phi) is 4.12. The van der Waals surface area contributed by atoms with Gasteiger partial charge in [0.25, 0.3) is 0 Å². The minimum atomic E-state index is -3.49. The van der Waals surface area contributed by atoms with Crippen molar-refractivity contribution in [2.24, 2.45) is 0 Å². The van der Waals surface area contributed by atoms with E-state index in [1.54, 1.807) is 16.4 Å². The summed E-state index contributed by atoms with van der Waals surface area (Å²) in [4.78, 5) is 0.426. The molecule has 126 valence electrons. The molecule has 0 radical (unpaired) electrons. The molecule has 1 fully saturated rings. The number of benzene rings is 2. The molecule has 0 saturated carbocycles. The molecule has 2 aromatic rings. The first-order valence-corrected chi connectivity index (χ1v) is 9.99. The Balaban J connectivity index is 1.87. The van der Waals surface area contributed by atoms with E-state index in [1.165, 1.54) is 0 Å². The zero-order valence-electron chi connectivity index (χ0n) is 13.2. The van der Waals surface area contributed by atoms with Gasteiger partial charge in [0, 0.05) is 17.6 Å². The van der Waals surface area contributed by atoms with Crippen LogP contribution in [0.25, 0.3) is 0 Å². The molecule has 4 rings (SSSR count). The minimum Gasteiger partial charge on any atom is -0.315 e. The van der Waals surface area contributed by atoms with Gasteiger partial charge in [0.2, 0.25) is 10.0 Å². The SMILES string of the molecule is O=S1(=O)c2ccccc2C(c2ccc(Cl)cc2)N1C1CCCNC1. The van der Waals surface area contributed by atoms with Gasteiger partial charge in [0.1, 0.15) is 0 Å². The average Bonchev–Trinajstić information content (AvgIpc) is 2.84. The fraction of sp³-hybridized carbons (Fsp3) is 0.333. The van der Waals surface area contributed by atoms with Crippen LogP contribution in [0.3, 0.4) is 0 Å². The minimum absolute atomic E-state index is 0.0307. The van der Waals surface area contributed by atoms with E-state index in [-0.39, 0.29) is 12.1 Å². The zero-order chi connectivity index (χ0) is 16.7. The molecular formula is C18H19ClN2O2S. The van der Waals surface area contributed by atoms with Crippen LogP contribution in [-0.4, -0.2) is 31.9 Å². The van der Waals surface area contributed by atoms with Crippen molar-refractivity contribution < 1.29 is 8.42 Å². The van der Waals surface area contributed by atoms with E-state index in [1.807, 2.05) is 36.4 Å². The molecule has 0 spiro atoms. The Morgan fingerprint density at radius 3 is 2.54 bits per heavy atom. The standard InChI is InChI=1S/C18H19ClN2O2S/c19-14-9-7-13(8-10-14)18-16-5-1-2-6-17(16)24(22,23)21(18)15-4-3-11-20-12-15/h1-2,5-10,15,18,20H,3-4,11-12H2. The van der Waals surface area contributed by atoms with Gasteiger partial charge in [-0.2, -0.15) is 4.31 Å². The summed E-state index contributed by atoms with van der Waals surface area (Å²) in [5, 5.41) is 3.98. The second-order valence-electron chi connectivity index (χ2n) is 6.33. The van der Waals surface area contributed by atoms with Gasteiger partial charge in [0.15, 0.2) is 0 Å². The van der Waals surface area contributed by atoms with E-state index in [0.717, 1.165) is 30.5 Å². The average molecular weight is 363 g/mol. The number of piperidine rings is 1. The predicted molar refractivity (Wildman–Crippen MR) is 94.7 cm³/mol. The molecule has 0 aliphatic carbocycles. The second-order valence-corrected chi connectivity index (χ2v) is 8.58. The molecule has 6 heteroatoms. The number of hydrogen-bond acceptors (Lipinski definition) is 3. The van der Waals surface area contributed by atoms with Crippen LogP contribution in [0.1, 0.15) is 30.0 Å². The number of nitrogens with one attached hydrogen (secondary N) is 1. The summed E-state index contributed by atoms with van der Waals surface area (Å²) >= 11 is 6.02. The number of sulfonamides is 1. The van der Waals surface area contributed by atoms with Gasteiger partial charge in [-0.1, -0.05) is 41.9 Å². The van der Waals surface area contributed by atoms with Gasteiger partial charge in [-0.05, 0) is 48.7 Å². The Hall–Kier alpha value is -1.40. The molecule has 0 aromatic heterocycles. The summed E-state index contributed by atoms with van der Waals surface area (Å²) in [6, 6.07) is 14.5. The second kappa shape index (κ2) is 6.15. The van der Waals surface area contributed by atoms with Gasteiger partial charge >= 0.3 is 0 Å². The van der Waals surface area contributed by atoms with Crippen LogP contribution in [0.4, 0.5) is 0 Å². The highest BCUT2D eigenvalue weighted by Crippen LogP contribution is 2.45. The molecule has 0 amide bonds. The van der Waals surface area contributed by atoms with Crippen molar-refractivity contribution in [1.29, 1.82) is 0 Å². The number of hydrogen-bond donors (Lipinski definition) is 1. The van der Waals surface area contributed by atoms with Crippen LogP contribution in [0, 0.1) is 0 Å². The third-order valence-corrected chi connectivity index (χ3v) is 7.08. The molecule has 2 aliphatic rings. The van der Waals surface area contributed by atoms with Crippen LogP contribution in [0.15, 0.2) is 53.4 Å². The lowest BCUT2D eigenvalue weighted by Gasteiger charge is -2.34. The molecule has 24 heavy (non-hydrogen) atoms. The fourth-order valence-corrected chi connectivity index (χ4v) is 5.93. The number of rotatable bonds is 2. The number of fused-ring (bicyclic) bond motifs is 1. The Morgan fingerprint density at radius 2 is 1.83 bits per heavy atom. The summed E-state index contributed by atoms with van der Waals surface area (Å²) in [6.07, 6.45) is 1.87. The third kappa shape index (κ3) is 2.56. The first kappa shape index (κ1) is 16.1. The van der Waals surface area contributed by atoms with Gasteiger partial charge in [0.05, 0.1) is 10.9 Å². The lowest BCUT2D eigenvalue weighted by molar-refractivity contribution is 0.243. The highest BCUT2D eigenvalue weighted by atomic mass is 35.5. The van der Waals surface area contributed by atoms with Crippen molar-refractivity contribution in [1.82, 2.24) is 9.62 Å². The van der Waals surface area contributed by atoms with Crippen molar-refractivity contribution in [3.05, 3.63) is 64.7 Å². The highest BCUT2D eigenvalue weighted by molar-refractivity contribution is 7.89. The van der Waals surface area contributed by atoms with Crippen LogP contribution in [-0.2, 0) is 10.0 Å². The van der Waals surface area contributed by atoms with Crippen LogP contribution in [0.5, 0.6) is 0 Å². The highest BCUT2D eigenvalue weighted by Gasteiger charge is 2.46. The summed E-state index contributed by atoms with van der Waals surface area (Å²) in [6.45, 7) is 1.64. The maximum absolute atomic E-state index is 13.2. The van der Waals surface area contributed by atoms with Crippen molar-refractivity contribution in [3.8, 4) is 0 Å². The first-order valence-electron chi connectivity index (χ1n) is 8.18. The van der Waals surface area contributed by atoms with Gasteiger partial charge in [-0.3, -0.25) is 0 Å². The predicted octanol–water partition coefficient (Wildman–Crippen LogP) is 3.19. The number of halogens is 1. The maximum atomic E-state index is 13.2. The Labute approximate surface area is 147 Å². The van der Waals surface area contributed by atoms with Crippen LogP contribution >= 0.6 is 11.6 Å². The van der Waals surface area contributed by atoms with E-state index in [0.29, 0.717) is 16.5 Å². The zero-order valence-corrected chi connectivity index (χ0v) is 14.7. The van der Waals surface area contributed by atoms with E-state index in [4.69, 9.17) is 11.6 Å². The van der Waals surface area contributed by atoms with Crippen LogP contribution in [0.2, 0.25) is 5.02 Å². The molecule has 1 N–H and O–H groups in total. The van der Waals surface area contributed by atoms with Crippen molar-refractivity contribution >= 4 is 21.6 Å². The molecule has 2 aliphatic heterocycles. The molecule has 2 unspecified atom stereocenters. The monoisotopic (exact) mass is 362 g/mol. The fourth-order valence-electron chi connectivity index (χ4n) is 3.76. The van der Waals surface area contributed by atoms with Gasteiger partial charge < -0.3 is 5.32 Å². The molecule has 2 atom stereocenters. The summed E-state index contributed by atoms with van der Waals surface area (Å²) in [5.74, 6) is 0. The smallest absolute Gasteiger partial charge is 0.244 e. The van der Waals surface area contributed by atoms with Gasteiger partial charge in [-0.15, -0.1) is 0 Å². The maximum Gasteiger partial charge on any atom is 0.244 e. The number of nitrogens with zero attached hydrogens (tertiary/aromatic N) is 1. The normalized spacial score (nSPS) is 26.2. The lowest BCUT2D eigenvalue weighted by Crippen LogP contribution is -2.47. The van der Waals surface area contributed by atoms with Crippen molar-refractivity contribution in [2.45, 2.75) is 29.8 Å². The topological polar surface area (TPSA) is 49.4 Å². The lowest BCUT2D eigenvalue weighted by atomic mass is 9.96. The summed E-state index contributed by atoms with van der Waals surface area (Å²) in [5.41, 5.74) is 1.81. The summed E-state index contributed by atoms with van der Waals surface area (Å²) in [7, 11) is -3.49. The molecule has 1 saturated heterocycles. The van der Waals surface area contributed by atoms with Crippen LogP contribution < -0.4 is 5.32 Å². The summed E-state index contributed by atoms with van der Waals surface area (Å²) < 4.78 is 28.1.